The molecule has 0 bridgehead atoms. The third kappa shape index (κ3) is 3.96. The summed E-state index contributed by atoms with van der Waals surface area (Å²) in [6.07, 6.45) is -0.432. The largest absolute Gasteiger partial charge is 0.424 e. The van der Waals surface area contributed by atoms with E-state index in [2.05, 4.69) is 26.9 Å². The van der Waals surface area contributed by atoms with Crippen molar-refractivity contribution in [3.63, 3.8) is 0 Å². The lowest BCUT2D eigenvalue weighted by atomic mass is 10.1. The lowest BCUT2D eigenvalue weighted by Crippen LogP contribution is -2.48. The van der Waals surface area contributed by atoms with Crippen LogP contribution in [0.25, 0.3) is 0 Å². The van der Waals surface area contributed by atoms with Gasteiger partial charge in [0, 0.05) is 39.6 Å². The van der Waals surface area contributed by atoms with Gasteiger partial charge in [0.15, 0.2) is 0 Å². The van der Waals surface area contributed by atoms with Crippen LogP contribution in [0.15, 0.2) is 34.7 Å². The number of piperazine rings is 1. The summed E-state index contributed by atoms with van der Waals surface area (Å²) in [6.45, 7) is 8.32. The molecule has 0 saturated carbocycles. The normalized spacial score (nSPS) is 19.6. The molecule has 0 unspecified atom stereocenters. The Hall–Kier alpha value is -1.76. The van der Waals surface area contributed by atoms with Crippen molar-refractivity contribution in [1.82, 2.24) is 20.0 Å². The number of aryl methyl sites for hydroxylation is 1. The van der Waals surface area contributed by atoms with Gasteiger partial charge in [0.05, 0.1) is 12.1 Å². The van der Waals surface area contributed by atoms with E-state index in [9.17, 15) is 5.11 Å². The van der Waals surface area contributed by atoms with E-state index in [4.69, 9.17) is 4.42 Å². The average Bonchev–Trinajstić information content (AvgIpc) is 3.02. The summed E-state index contributed by atoms with van der Waals surface area (Å²) in [5, 5.41) is 18.4. The molecule has 2 aromatic rings. The Bertz CT molecular complexity index is 608. The molecule has 3 rings (SSSR count). The maximum Gasteiger partial charge on any atom is 0.233 e. The van der Waals surface area contributed by atoms with Gasteiger partial charge in [-0.15, -0.1) is 10.2 Å². The van der Waals surface area contributed by atoms with E-state index in [1.807, 2.05) is 37.3 Å². The molecule has 6 nitrogen and oxygen atoms in total. The Morgan fingerprint density at radius 1 is 1.13 bits per heavy atom. The third-order valence-electron chi connectivity index (χ3n) is 4.47. The summed E-state index contributed by atoms with van der Waals surface area (Å²) >= 11 is 0. The van der Waals surface area contributed by atoms with Crippen LogP contribution in [0.1, 0.15) is 36.4 Å². The molecule has 1 aromatic carbocycles. The van der Waals surface area contributed by atoms with Crippen molar-refractivity contribution in [1.29, 1.82) is 0 Å². The van der Waals surface area contributed by atoms with Crippen LogP contribution >= 0.6 is 0 Å². The second-order valence-corrected chi connectivity index (χ2v) is 6.10. The van der Waals surface area contributed by atoms with Crippen LogP contribution in [0.2, 0.25) is 0 Å². The summed E-state index contributed by atoms with van der Waals surface area (Å²) < 4.78 is 5.53. The van der Waals surface area contributed by atoms with Gasteiger partial charge in [0.25, 0.3) is 0 Å². The van der Waals surface area contributed by atoms with E-state index >= 15 is 0 Å². The molecule has 124 valence electrons. The van der Waals surface area contributed by atoms with Gasteiger partial charge in [-0.05, 0) is 12.5 Å². The maximum atomic E-state index is 10.3. The molecule has 1 N–H and O–H groups in total. The molecule has 6 heteroatoms. The summed E-state index contributed by atoms with van der Waals surface area (Å²) in [5.41, 5.74) is 0.977. The van der Waals surface area contributed by atoms with Gasteiger partial charge >= 0.3 is 0 Å². The molecule has 1 aliphatic rings. The zero-order chi connectivity index (χ0) is 16.2. The number of β-amino-alcohol motifs (C(OH)–C–C–N with tert-alkyl or cyclic N) is 1. The van der Waals surface area contributed by atoms with Crippen LogP contribution < -0.4 is 0 Å². The van der Waals surface area contributed by atoms with E-state index in [-0.39, 0.29) is 6.04 Å². The third-order valence-corrected chi connectivity index (χ3v) is 4.47. The standard InChI is InChI=1S/C17H24N4O2/c1-13(17-19-18-14(2)23-17)21-10-8-20(9-11-21)12-16(22)15-6-4-3-5-7-15/h3-7,13,16,22H,8-12H2,1-2H3/t13-,16-/m1/s1. The maximum absolute atomic E-state index is 10.3. The van der Waals surface area contributed by atoms with Gasteiger partial charge in [-0.2, -0.15) is 0 Å². The molecule has 0 aliphatic carbocycles. The molecular weight excluding hydrogens is 292 g/mol. The number of rotatable bonds is 5. The zero-order valence-corrected chi connectivity index (χ0v) is 13.7. The first-order chi connectivity index (χ1) is 11.1. The van der Waals surface area contributed by atoms with Crippen LogP contribution in [-0.4, -0.2) is 57.8 Å². The Morgan fingerprint density at radius 3 is 2.43 bits per heavy atom. The van der Waals surface area contributed by atoms with Crippen LogP contribution in [0.5, 0.6) is 0 Å². The predicted octanol–water partition coefficient (Wildman–Crippen LogP) is 1.79. The minimum atomic E-state index is -0.432. The minimum absolute atomic E-state index is 0.136. The molecule has 23 heavy (non-hydrogen) atoms. The van der Waals surface area contributed by atoms with Gasteiger partial charge in [-0.3, -0.25) is 9.80 Å². The van der Waals surface area contributed by atoms with Crippen molar-refractivity contribution >= 4 is 0 Å². The van der Waals surface area contributed by atoms with E-state index in [0.29, 0.717) is 18.3 Å². The predicted molar refractivity (Wildman–Crippen MR) is 86.9 cm³/mol. The molecule has 2 heterocycles. The van der Waals surface area contributed by atoms with E-state index in [0.717, 1.165) is 31.7 Å². The topological polar surface area (TPSA) is 65.6 Å². The van der Waals surface area contributed by atoms with Crippen LogP contribution in [0, 0.1) is 6.92 Å². The molecule has 0 spiro atoms. The summed E-state index contributed by atoms with van der Waals surface area (Å²) in [5.74, 6) is 1.29. The molecular formula is C17H24N4O2. The molecule has 2 atom stereocenters. The van der Waals surface area contributed by atoms with Gasteiger partial charge in [-0.25, -0.2) is 0 Å². The Labute approximate surface area is 136 Å². The highest BCUT2D eigenvalue weighted by atomic mass is 16.4. The minimum Gasteiger partial charge on any atom is -0.424 e. The van der Waals surface area contributed by atoms with Gasteiger partial charge in [-0.1, -0.05) is 30.3 Å². The number of aromatic nitrogens is 2. The van der Waals surface area contributed by atoms with Crippen molar-refractivity contribution in [2.24, 2.45) is 0 Å². The second-order valence-electron chi connectivity index (χ2n) is 6.10. The lowest BCUT2D eigenvalue weighted by molar-refractivity contribution is 0.0536. The highest BCUT2D eigenvalue weighted by Gasteiger charge is 2.26. The molecule has 0 amide bonds. The van der Waals surface area contributed by atoms with Crippen molar-refractivity contribution < 1.29 is 9.52 Å². The number of benzene rings is 1. The summed E-state index contributed by atoms with van der Waals surface area (Å²) in [7, 11) is 0. The molecule has 1 aromatic heterocycles. The van der Waals surface area contributed by atoms with Crippen LogP contribution in [0.4, 0.5) is 0 Å². The highest BCUT2D eigenvalue weighted by Crippen LogP contribution is 2.21. The van der Waals surface area contributed by atoms with E-state index in [1.165, 1.54) is 0 Å². The van der Waals surface area contributed by atoms with Crippen molar-refractivity contribution in [2.45, 2.75) is 26.0 Å². The second kappa shape index (κ2) is 7.21. The SMILES string of the molecule is Cc1nnc([C@@H](C)N2CCN(C[C@@H](O)c3ccccc3)CC2)o1. The first-order valence-electron chi connectivity index (χ1n) is 8.13. The van der Waals surface area contributed by atoms with Gasteiger partial charge < -0.3 is 9.52 Å². The number of hydrogen-bond donors (Lipinski definition) is 1. The van der Waals surface area contributed by atoms with Gasteiger partial charge in [0.1, 0.15) is 0 Å². The quantitative estimate of drug-likeness (QED) is 0.907. The number of aliphatic hydroxyl groups is 1. The Kier molecular flexibility index (Phi) is 5.05. The van der Waals surface area contributed by atoms with Crippen LogP contribution in [0.3, 0.4) is 0 Å². The average molecular weight is 316 g/mol. The summed E-state index contributed by atoms with van der Waals surface area (Å²) in [4.78, 5) is 4.65. The number of aliphatic hydroxyl groups excluding tert-OH is 1. The molecule has 1 aliphatic heterocycles. The zero-order valence-electron chi connectivity index (χ0n) is 13.7. The Morgan fingerprint density at radius 2 is 1.83 bits per heavy atom. The monoisotopic (exact) mass is 316 g/mol. The smallest absolute Gasteiger partial charge is 0.233 e. The molecule has 1 fully saturated rings. The fraction of sp³-hybridized carbons (Fsp3) is 0.529. The van der Waals surface area contributed by atoms with E-state index < -0.39 is 6.10 Å². The van der Waals surface area contributed by atoms with Gasteiger partial charge in [0.2, 0.25) is 11.8 Å². The number of nitrogens with zero attached hydrogens (tertiary/aromatic N) is 4. The fourth-order valence-electron chi connectivity index (χ4n) is 3.00. The Balaban J connectivity index is 1.50. The molecule has 0 radical (unpaired) electrons. The molecule has 1 saturated heterocycles. The first kappa shape index (κ1) is 16.1. The summed E-state index contributed by atoms with van der Waals surface area (Å²) in [6, 6.07) is 9.98. The van der Waals surface area contributed by atoms with E-state index in [1.54, 1.807) is 0 Å². The van der Waals surface area contributed by atoms with Crippen LogP contribution in [-0.2, 0) is 0 Å². The number of hydrogen-bond acceptors (Lipinski definition) is 6. The fourth-order valence-corrected chi connectivity index (χ4v) is 3.00. The lowest BCUT2D eigenvalue weighted by Gasteiger charge is -2.37. The first-order valence-corrected chi connectivity index (χ1v) is 8.13. The van der Waals surface area contributed by atoms with Crippen molar-refractivity contribution in [3.05, 3.63) is 47.7 Å². The van der Waals surface area contributed by atoms with Crippen molar-refractivity contribution in [2.75, 3.05) is 32.7 Å². The highest BCUT2D eigenvalue weighted by molar-refractivity contribution is 5.17. The van der Waals surface area contributed by atoms with Crippen molar-refractivity contribution in [3.8, 4) is 0 Å².